The standard InChI is InChI=1S/C13H16BrNO2S/c1-2-10-12(15)11-7(6-18-10)8(14)5-9-13(11)17-4-3-16-9/h5,10,12H,2-4,6,15H2,1H3. The van der Waals surface area contributed by atoms with Crippen molar-refractivity contribution < 1.29 is 9.47 Å². The highest BCUT2D eigenvalue weighted by atomic mass is 79.9. The Morgan fingerprint density at radius 3 is 3.00 bits per heavy atom. The lowest BCUT2D eigenvalue weighted by atomic mass is 9.95. The van der Waals surface area contributed by atoms with Crippen molar-refractivity contribution in [3.63, 3.8) is 0 Å². The van der Waals surface area contributed by atoms with Gasteiger partial charge in [-0.15, -0.1) is 0 Å². The van der Waals surface area contributed by atoms with Gasteiger partial charge in [0.15, 0.2) is 11.5 Å². The molecule has 2 unspecified atom stereocenters. The molecule has 2 aliphatic heterocycles. The quantitative estimate of drug-likeness (QED) is 0.859. The Balaban J connectivity index is 2.15. The Labute approximate surface area is 120 Å². The Bertz CT molecular complexity index is 481. The summed E-state index contributed by atoms with van der Waals surface area (Å²) in [4.78, 5) is 0. The van der Waals surface area contributed by atoms with Gasteiger partial charge < -0.3 is 15.2 Å². The van der Waals surface area contributed by atoms with E-state index in [1.54, 1.807) is 0 Å². The molecule has 18 heavy (non-hydrogen) atoms. The average Bonchev–Trinajstić information content (AvgIpc) is 2.39. The molecule has 0 saturated carbocycles. The maximum Gasteiger partial charge on any atom is 0.166 e. The molecule has 3 nitrogen and oxygen atoms in total. The third-order valence-electron chi connectivity index (χ3n) is 3.50. The summed E-state index contributed by atoms with van der Waals surface area (Å²) in [7, 11) is 0. The molecule has 0 saturated heterocycles. The number of ether oxygens (including phenoxy) is 2. The predicted octanol–water partition coefficient (Wildman–Crippen LogP) is 3.25. The predicted molar refractivity (Wildman–Crippen MR) is 77.4 cm³/mol. The van der Waals surface area contributed by atoms with E-state index in [0.717, 1.165) is 33.7 Å². The van der Waals surface area contributed by atoms with Crippen molar-refractivity contribution in [2.24, 2.45) is 5.73 Å². The highest BCUT2D eigenvalue weighted by Crippen LogP contribution is 2.49. The van der Waals surface area contributed by atoms with Crippen LogP contribution >= 0.6 is 27.7 Å². The summed E-state index contributed by atoms with van der Waals surface area (Å²) in [5.74, 6) is 2.67. The smallest absolute Gasteiger partial charge is 0.166 e. The first kappa shape index (κ1) is 12.6. The maximum absolute atomic E-state index is 6.42. The molecule has 1 aromatic rings. The number of benzene rings is 1. The van der Waals surface area contributed by atoms with E-state index < -0.39 is 0 Å². The van der Waals surface area contributed by atoms with Crippen LogP contribution in [0.5, 0.6) is 11.5 Å². The molecule has 2 N–H and O–H groups in total. The summed E-state index contributed by atoms with van der Waals surface area (Å²) in [6.07, 6.45) is 1.08. The fourth-order valence-corrected chi connectivity index (χ4v) is 4.59. The molecule has 0 aromatic heterocycles. The second-order valence-electron chi connectivity index (χ2n) is 4.56. The van der Waals surface area contributed by atoms with Gasteiger partial charge in [0.25, 0.3) is 0 Å². The number of hydrogen-bond donors (Lipinski definition) is 1. The minimum Gasteiger partial charge on any atom is -0.486 e. The summed E-state index contributed by atoms with van der Waals surface area (Å²) in [5, 5.41) is 0.460. The van der Waals surface area contributed by atoms with Gasteiger partial charge in [-0.05, 0) is 18.1 Å². The molecule has 0 spiro atoms. The van der Waals surface area contributed by atoms with Crippen molar-refractivity contribution in [2.45, 2.75) is 30.4 Å². The van der Waals surface area contributed by atoms with E-state index in [1.807, 2.05) is 17.8 Å². The number of fused-ring (bicyclic) bond motifs is 3. The summed E-state index contributed by atoms with van der Waals surface area (Å²) < 4.78 is 12.6. The number of halogens is 1. The molecule has 2 heterocycles. The largest absolute Gasteiger partial charge is 0.486 e. The average molecular weight is 330 g/mol. The topological polar surface area (TPSA) is 44.5 Å². The van der Waals surface area contributed by atoms with E-state index in [4.69, 9.17) is 15.2 Å². The summed E-state index contributed by atoms with van der Waals surface area (Å²) in [5.41, 5.74) is 8.83. The van der Waals surface area contributed by atoms with Gasteiger partial charge in [-0.2, -0.15) is 11.8 Å². The lowest BCUT2D eigenvalue weighted by Crippen LogP contribution is -2.30. The van der Waals surface area contributed by atoms with Gasteiger partial charge >= 0.3 is 0 Å². The van der Waals surface area contributed by atoms with Gasteiger partial charge in [0.2, 0.25) is 0 Å². The number of thioether (sulfide) groups is 1. The van der Waals surface area contributed by atoms with E-state index in [2.05, 4.69) is 22.9 Å². The highest BCUT2D eigenvalue weighted by molar-refractivity contribution is 9.10. The van der Waals surface area contributed by atoms with Gasteiger partial charge in [-0.1, -0.05) is 22.9 Å². The molecule has 5 heteroatoms. The summed E-state index contributed by atoms with van der Waals surface area (Å²) in [6, 6.07) is 2.03. The van der Waals surface area contributed by atoms with Crippen molar-refractivity contribution in [1.82, 2.24) is 0 Å². The molecule has 0 fully saturated rings. The molecule has 1 aromatic carbocycles. The van der Waals surface area contributed by atoms with Gasteiger partial charge in [-0.25, -0.2) is 0 Å². The van der Waals surface area contributed by atoms with Gasteiger partial charge in [0, 0.05) is 27.1 Å². The zero-order chi connectivity index (χ0) is 12.7. The molecule has 0 aliphatic carbocycles. The third kappa shape index (κ3) is 1.92. The van der Waals surface area contributed by atoms with Crippen LogP contribution in [0.2, 0.25) is 0 Å². The summed E-state index contributed by atoms with van der Waals surface area (Å²) >= 11 is 5.55. The number of hydrogen-bond acceptors (Lipinski definition) is 4. The van der Waals surface area contributed by atoms with Gasteiger partial charge in [0.05, 0.1) is 0 Å². The van der Waals surface area contributed by atoms with Crippen LogP contribution in [0.3, 0.4) is 0 Å². The molecule has 3 rings (SSSR count). The third-order valence-corrected chi connectivity index (χ3v) is 5.72. The maximum atomic E-state index is 6.42. The fraction of sp³-hybridized carbons (Fsp3) is 0.538. The second kappa shape index (κ2) is 4.94. The van der Waals surface area contributed by atoms with Crippen LogP contribution in [-0.2, 0) is 5.75 Å². The number of nitrogens with two attached hydrogens (primary N) is 1. The van der Waals surface area contributed by atoms with E-state index in [1.165, 1.54) is 5.56 Å². The van der Waals surface area contributed by atoms with Crippen LogP contribution in [0.4, 0.5) is 0 Å². The molecule has 2 aliphatic rings. The zero-order valence-corrected chi connectivity index (χ0v) is 12.6. The Hall–Kier alpha value is -0.390. The van der Waals surface area contributed by atoms with Crippen LogP contribution < -0.4 is 15.2 Å². The van der Waals surface area contributed by atoms with Crippen LogP contribution in [0.1, 0.15) is 30.5 Å². The van der Waals surface area contributed by atoms with E-state index in [-0.39, 0.29) is 6.04 Å². The zero-order valence-electron chi connectivity index (χ0n) is 10.2. The SMILES string of the molecule is CCC1SCc2c(Br)cc3c(c2C1N)OCCO3. The van der Waals surface area contributed by atoms with Crippen LogP contribution in [0, 0.1) is 0 Å². The fourth-order valence-electron chi connectivity index (χ4n) is 2.57. The molecular weight excluding hydrogens is 314 g/mol. The van der Waals surface area contributed by atoms with E-state index in [0.29, 0.717) is 18.5 Å². The van der Waals surface area contributed by atoms with Crippen LogP contribution in [-0.4, -0.2) is 18.5 Å². The monoisotopic (exact) mass is 329 g/mol. The van der Waals surface area contributed by atoms with Gasteiger partial charge in [-0.3, -0.25) is 0 Å². The lowest BCUT2D eigenvalue weighted by molar-refractivity contribution is 0.168. The van der Waals surface area contributed by atoms with E-state index >= 15 is 0 Å². The van der Waals surface area contributed by atoms with Crippen molar-refractivity contribution in [3.05, 3.63) is 21.7 Å². The molecule has 0 bridgehead atoms. The van der Waals surface area contributed by atoms with E-state index in [9.17, 15) is 0 Å². The van der Waals surface area contributed by atoms with Crippen molar-refractivity contribution >= 4 is 27.7 Å². The van der Waals surface area contributed by atoms with Crippen molar-refractivity contribution in [2.75, 3.05) is 13.2 Å². The second-order valence-corrected chi connectivity index (χ2v) is 6.64. The normalized spacial score (nSPS) is 25.7. The Morgan fingerprint density at radius 2 is 2.22 bits per heavy atom. The first-order valence-corrected chi connectivity index (χ1v) is 8.04. The molecule has 0 amide bonds. The van der Waals surface area contributed by atoms with Crippen LogP contribution in [0.25, 0.3) is 0 Å². The van der Waals surface area contributed by atoms with Crippen molar-refractivity contribution in [3.8, 4) is 11.5 Å². The lowest BCUT2D eigenvalue weighted by Gasteiger charge is -2.34. The first-order valence-electron chi connectivity index (χ1n) is 6.20. The molecular formula is C13H16BrNO2S. The minimum atomic E-state index is 0.0247. The van der Waals surface area contributed by atoms with Gasteiger partial charge in [0.1, 0.15) is 13.2 Å². The van der Waals surface area contributed by atoms with Crippen molar-refractivity contribution in [1.29, 1.82) is 0 Å². The Morgan fingerprint density at radius 1 is 1.44 bits per heavy atom. The minimum absolute atomic E-state index is 0.0247. The highest BCUT2D eigenvalue weighted by Gasteiger charge is 2.33. The molecule has 0 radical (unpaired) electrons. The molecule has 98 valence electrons. The molecule has 2 atom stereocenters. The first-order chi connectivity index (χ1) is 8.72. The van der Waals surface area contributed by atoms with Crippen LogP contribution in [0.15, 0.2) is 10.5 Å². The number of rotatable bonds is 1. The summed E-state index contributed by atoms with van der Waals surface area (Å²) in [6.45, 7) is 3.40. The Kier molecular flexibility index (Phi) is 3.47.